The lowest BCUT2D eigenvalue weighted by Gasteiger charge is -2.30. The molecule has 0 spiro atoms. The summed E-state index contributed by atoms with van der Waals surface area (Å²) in [4.78, 5) is 16.3. The van der Waals surface area contributed by atoms with Gasteiger partial charge in [-0.25, -0.2) is 19.5 Å². The van der Waals surface area contributed by atoms with Gasteiger partial charge in [-0.3, -0.25) is 23.1 Å². The van der Waals surface area contributed by atoms with Gasteiger partial charge in [0.25, 0.3) is 0 Å². The van der Waals surface area contributed by atoms with Gasteiger partial charge in [-0.1, -0.05) is 0 Å². The first kappa shape index (κ1) is 23.7. The van der Waals surface area contributed by atoms with Gasteiger partial charge in [-0.15, -0.1) is 0 Å². The number of imidazole rings is 1. The number of nitrogens with zero attached hydrogens (tertiary/aromatic N) is 5. The number of nitrogens with two attached hydrogens (primary N) is 1. The molecule has 2 saturated heterocycles. The Morgan fingerprint density at radius 2 is 2.21 bits per heavy atom. The van der Waals surface area contributed by atoms with Gasteiger partial charge in [-0.05, 0) is 28.9 Å². The second-order valence-electron chi connectivity index (χ2n) is 8.18. The monoisotopic (exact) mass is 556 g/mol. The van der Waals surface area contributed by atoms with Crippen LogP contribution in [0.5, 0.6) is 0 Å². The van der Waals surface area contributed by atoms with Crippen molar-refractivity contribution in [2.75, 3.05) is 18.9 Å². The van der Waals surface area contributed by atoms with Crippen molar-refractivity contribution in [3.05, 3.63) is 41.2 Å². The molecule has 15 heteroatoms. The lowest BCUT2D eigenvalue weighted by Crippen LogP contribution is -2.44. The average molecular weight is 557 g/mol. The van der Waals surface area contributed by atoms with Crippen LogP contribution in [-0.2, 0) is 22.9 Å². The molecule has 4 N–H and O–H groups in total. The van der Waals surface area contributed by atoms with E-state index in [2.05, 4.69) is 35.9 Å². The predicted octanol–water partition coefficient (Wildman–Crippen LogP) is 1.88. The minimum absolute atomic E-state index is 0.144. The van der Waals surface area contributed by atoms with E-state index in [-0.39, 0.29) is 19.0 Å². The van der Waals surface area contributed by atoms with Crippen molar-refractivity contribution in [3.8, 4) is 0 Å². The summed E-state index contributed by atoms with van der Waals surface area (Å²) in [5.41, 5.74) is 5.45. The van der Waals surface area contributed by atoms with Crippen LogP contribution in [0.25, 0.3) is 11.2 Å². The first-order chi connectivity index (χ1) is 16.2. The van der Waals surface area contributed by atoms with E-state index in [0.29, 0.717) is 17.6 Å². The number of phosphoric ester groups is 1. The summed E-state index contributed by atoms with van der Waals surface area (Å²) >= 11 is 3.35. The molecule has 6 atom stereocenters. The van der Waals surface area contributed by atoms with Crippen molar-refractivity contribution in [1.82, 2.24) is 24.5 Å². The van der Waals surface area contributed by atoms with Crippen LogP contribution in [0.3, 0.4) is 0 Å². The van der Waals surface area contributed by atoms with Crippen molar-refractivity contribution in [2.45, 2.75) is 43.5 Å². The Bertz CT molecular complexity index is 1260. The highest BCUT2D eigenvalue weighted by atomic mass is 79.9. The zero-order chi connectivity index (χ0) is 24.1. The van der Waals surface area contributed by atoms with Gasteiger partial charge in [0.2, 0.25) is 0 Å². The minimum atomic E-state index is -3.97. The second kappa shape index (κ2) is 8.88. The van der Waals surface area contributed by atoms with Crippen LogP contribution in [0.15, 0.2) is 35.6 Å². The zero-order valence-corrected chi connectivity index (χ0v) is 20.4. The number of phosphoric acid groups is 1. The molecule has 1 unspecified atom stereocenters. The van der Waals surface area contributed by atoms with E-state index in [9.17, 15) is 14.8 Å². The summed E-state index contributed by atoms with van der Waals surface area (Å²) in [7, 11) is -3.97. The first-order valence-electron chi connectivity index (χ1n) is 10.3. The number of nitrogen functional groups attached to an aromatic ring is 1. The van der Waals surface area contributed by atoms with Crippen molar-refractivity contribution in [3.63, 3.8) is 0 Å². The van der Waals surface area contributed by atoms with Crippen LogP contribution in [0.2, 0.25) is 0 Å². The largest absolute Gasteiger partial charge is 0.475 e. The second-order valence-corrected chi connectivity index (χ2v) is 10.7. The summed E-state index contributed by atoms with van der Waals surface area (Å²) in [6.45, 7) is 1.19. The molecule has 182 valence electrons. The van der Waals surface area contributed by atoms with Gasteiger partial charge in [0.05, 0.1) is 25.6 Å². The number of aromatic nitrogens is 5. The number of ether oxygens (including phenoxy) is 1. The van der Waals surface area contributed by atoms with Crippen molar-refractivity contribution >= 4 is 40.7 Å². The maximum Gasteiger partial charge on any atom is 0.475 e. The summed E-state index contributed by atoms with van der Waals surface area (Å²) in [6.07, 6.45) is 2.28. The number of aliphatic hydroxyl groups excluding tert-OH is 1. The van der Waals surface area contributed by atoms with E-state index in [1.54, 1.807) is 12.4 Å². The number of rotatable bonds is 5. The number of anilines is 1. The van der Waals surface area contributed by atoms with Gasteiger partial charge < -0.3 is 20.7 Å². The Labute approximate surface area is 202 Å². The van der Waals surface area contributed by atoms with E-state index in [1.807, 2.05) is 6.07 Å². The molecule has 13 nitrogen and oxygen atoms in total. The number of aliphatic hydroxyl groups is 2. The minimum Gasteiger partial charge on any atom is -0.387 e. The van der Waals surface area contributed by atoms with Gasteiger partial charge in [0.15, 0.2) is 17.7 Å². The normalized spacial score (nSPS) is 34.0. The quantitative estimate of drug-likeness (QED) is 0.389. The first-order valence-corrected chi connectivity index (χ1v) is 12.6. The SMILES string of the molecule is C[C@@]1(O)[C@H](O)[C@@H](COP2(=O)OCC[C@@H](c3cncc(Br)c3)O2)O[C@H]1n1cnc2c(N)ncnc21. The third-order valence-electron chi connectivity index (χ3n) is 5.77. The molecule has 2 aliphatic heterocycles. The molecule has 34 heavy (non-hydrogen) atoms. The molecular weight excluding hydrogens is 535 g/mol. The highest BCUT2D eigenvalue weighted by Crippen LogP contribution is 2.57. The fourth-order valence-corrected chi connectivity index (χ4v) is 5.77. The molecule has 2 fully saturated rings. The number of fused-ring (bicyclic) bond motifs is 1. The van der Waals surface area contributed by atoms with Gasteiger partial charge >= 0.3 is 7.82 Å². The maximum atomic E-state index is 13.1. The van der Waals surface area contributed by atoms with Crippen molar-refractivity contribution < 1.29 is 33.1 Å². The third-order valence-corrected chi connectivity index (χ3v) is 7.69. The summed E-state index contributed by atoms with van der Waals surface area (Å²) in [5, 5.41) is 21.8. The van der Waals surface area contributed by atoms with Gasteiger partial charge in [-0.2, -0.15) is 0 Å². The Balaban J connectivity index is 1.31. The van der Waals surface area contributed by atoms with Crippen molar-refractivity contribution in [1.29, 1.82) is 0 Å². The topological polar surface area (TPSA) is 177 Å². The van der Waals surface area contributed by atoms with Gasteiger partial charge in [0, 0.05) is 28.9 Å². The molecule has 5 rings (SSSR count). The van der Waals surface area contributed by atoms with Crippen LogP contribution < -0.4 is 5.73 Å². The lowest BCUT2D eigenvalue weighted by molar-refractivity contribution is -0.0953. The molecular formula is C19H22BrN6O7P. The van der Waals surface area contributed by atoms with Crippen LogP contribution in [-0.4, -0.2) is 65.7 Å². The number of halogens is 1. The molecule has 0 aromatic carbocycles. The van der Waals surface area contributed by atoms with Crippen LogP contribution in [0, 0.1) is 0 Å². The Morgan fingerprint density at radius 1 is 1.38 bits per heavy atom. The fraction of sp³-hybridized carbons (Fsp3) is 0.474. The molecule has 3 aromatic heterocycles. The molecule has 0 aliphatic carbocycles. The maximum absolute atomic E-state index is 13.1. The standard InChI is InChI=1S/C19H22BrN6O7P/c1-19(28)15(27)13(32-18(19)26-9-25-14-16(21)23-8-24-17(14)26)7-31-34(29)30-3-2-12(33-34)10-4-11(20)6-22-5-10/h4-6,8-9,12-13,15,18,27-28H,2-3,7H2,1H3,(H2,21,23,24)/t12-,13+,15+,18+,19+,34?/m0/s1. The molecule has 3 aromatic rings. The summed E-state index contributed by atoms with van der Waals surface area (Å²) < 4.78 is 37.6. The fourth-order valence-electron chi connectivity index (χ4n) is 3.99. The van der Waals surface area contributed by atoms with Crippen molar-refractivity contribution in [2.24, 2.45) is 0 Å². The number of hydrogen-bond acceptors (Lipinski definition) is 12. The van der Waals surface area contributed by atoms with E-state index < -0.39 is 38.0 Å². The predicted molar refractivity (Wildman–Crippen MR) is 120 cm³/mol. The highest BCUT2D eigenvalue weighted by molar-refractivity contribution is 9.10. The molecule has 0 bridgehead atoms. The zero-order valence-electron chi connectivity index (χ0n) is 17.9. The van der Waals surface area contributed by atoms with Gasteiger partial charge in [0.1, 0.15) is 29.7 Å². The number of pyridine rings is 1. The molecule has 0 saturated carbocycles. The Morgan fingerprint density at radius 3 is 3.00 bits per heavy atom. The van der Waals surface area contributed by atoms with E-state index in [1.165, 1.54) is 24.1 Å². The highest BCUT2D eigenvalue weighted by Gasteiger charge is 2.54. The number of hydrogen-bond donors (Lipinski definition) is 3. The van der Waals surface area contributed by atoms with E-state index in [4.69, 9.17) is 24.0 Å². The molecule has 0 radical (unpaired) electrons. The van der Waals surface area contributed by atoms with E-state index in [0.717, 1.165) is 10.0 Å². The Kier molecular flexibility index (Phi) is 6.19. The molecule has 2 aliphatic rings. The van der Waals surface area contributed by atoms with E-state index >= 15 is 0 Å². The Hall–Kier alpha value is -2.03. The molecule has 0 amide bonds. The third kappa shape index (κ3) is 4.25. The summed E-state index contributed by atoms with van der Waals surface area (Å²) in [6, 6.07) is 1.81. The smallest absolute Gasteiger partial charge is 0.387 e. The van der Waals surface area contributed by atoms with Crippen LogP contribution >= 0.6 is 23.8 Å². The summed E-state index contributed by atoms with van der Waals surface area (Å²) in [5.74, 6) is 0.168. The average Bonchev–Trinajstić information content (AvgIpc) is 3.32. The van der Waals surface area contributed by atoms with Crippen LogP contribution in [0.4, 0.5) is 5.82 Å². The molecule has 5 heterocycles. The lowest BCUT2D eigenvalue weighted by atomic mass is 9.96. The van der Waals surface area contributed by atoms with Crippen LogP contribution in [0.1, 0.15) is 31.2 Å².